The smallest absolute Gasteiger partial charge is 0.362 e. The molecule has 180 valence electrons. The van der Waals surface area contributed by atoms with Crippen molar-refractivity contribution in [1.82, 2.24) is 19.5 Å². The standard InChI is InChI=1S/C16H20N6O9S2/c1-16(2,14(26)27)31-20-10(7-6-32-15(17)18-7)12(24)19-11-8(5-21-4-3-9(21)23)22(13(11)25)33(28,29)30/h6,8,11H,3-5H2,1-2H3,(H2,17,18)(H,19,24)(H,26,27)(H,28,29,30)/b20-10-/t8-,11+/m1/s1. The fourth-order valence-corrected chi connectivity index (χ4v) is 4.35. The highest BCUT2D eigenvalue weighted by Gasteiger charge is 2.55. The van der Waals surface area contributed by atoms with Crippen molar-refractivity contribution >= 4 is 56.2 Å². The Hall–Kier alpha value is -3.31. The van der Waals surface area contributed by atoms with Gasteiger partial charge in [-0.15, -0.1) is 11.3 Å². The Morgan fingerprint density at radius 2 is 2.09 bits per heavy atom. The number of thiazole rings is 1. The molecule has 0 spiro atoms. The molecule has 0 bridgehead atoms. The molecule has 5 N–H and O–H groups in total. The molecular weight excluding hydrogens is 484 g/mol. The van der Waals surface area contributed by atoms with Crippen molar-refractivity contribution in [3.8, 4) is 0 Å². The van der Waals surface area contributed by atoms with Crippen molar-refractivity contribution in [2.75, 3.05) is 18.8 Å². The van der Waals surface area contributed by atoms with E-state index in [-0.39, 0.29) is 34.0 Å². The number of nitrogens with two attached hydrogens (primary N) is 1. The van der Waals surface area contributed by atoms with Crippen LogP contribution in [-0.2, 0) is 34.3 Å². The van der Waals surface area contributed by atoms with Gasteiger partial charge in [0.15, 0.2) is 10.8 Å². The number of aromatic nitrogens is 1. The average molecular weight is 505 g/mol. The molecule has 2 fully saturated rings. The number of β-lactam (4-membered cyclic amide) rings is 2. The maximum atomic E-state index is 12.9. The third kappa shape index (κ3) is 4.88. The molecule has 3 rings (SSSR count). The molecule has 2 saturated heterocycles. The Morgan fingerprint density at radius 1 is 1.42 bits per heavy atom. The van der Waals surface area contributed by atoms with E-state index >= 15 is 0 Å². The van der Waals surface area contributed by atoms with Crippen LogP contribution in [-0.4, -0.2) is 92.4 Å². The first kappa shape index (κ1) is 24.3. The van der Waals surface area contributed by atoms with E-state index in [1.165, 1.54) is 24.1 Å². The number of aliphatic carboxylic acids is 1. The van der Waals surface area contributed by atoms with Crippen molar-refractivity contribution in [2.24, 2.45) is 5.16 Å². The highest BCUT2D eigenvalue weighted by Crippen LogP contribution is 2.26. The van der Waals surface area contributed by atoms with E-state index in [1.807, 2.05) is 0 Å². The van der Waals surface area contributed by atoms with Crippen LogP contribution in [0.15, 0.2) is 10.5 Å². The minimum Gasteiger partial charge on any atom is -0.478 e. The number of oxime groups is 1. The van der Waals surface area contributed by atoms with E-state index in [4.69, 9.17) is 10.6 Å². The summed E-state index contributed by atoms with van der Waals surface area (Å²) in [6, 6.07) is -2.69. The van der Waals surface area contributed by atoms with Gasteiger partial charge in [0.05, 0.1) is 6.04 Å². The average Bonchev–Trinajstić information content (AvgIpc) is 3.12. The molecule has 33 heavy (non-hydrogen) atoms. The maximum Gasteiger partial charge on any atom is 0.362 e. The molecule has 2 atom stereocenters. The molecule has 0 saturated carbocycles. The first-order valence-corrected chi connectivity index (χ1v) is 11.6. The zero-order chi connectivity index (χ0) is 24.7. The van der Waals surface area contributed by atoms with E-state index in [0.29, 0.717) is 6.54 Å². The molecule has 1 aromatic rings. The van der Waals surface area contributed by atoms with Crippen LogP contribution in [0.25, 0.3) is 0 Å². The molecule has 2 aliphatic rings. The van der Waals surface area contributed by atoms with Gasteiger partial charge in [0.25, 0.3) is 11.8 Å². The van der Waals surface area contributed by atoms with E-state index in [1.54, 1.807) is 0 Å². The second kappa shape index (κ2) is 8.56. The normalized spacial score (nSPS) is 21.4. The van der Waals surface area contributed by atoms with Crippen molar-refractivity contribution in [3.05, 3.63) is 11.1 Å². The molecule has 1 aromatic heterocycles. The minimum atomic E-state index is -4.94. The number of hydrogen-bond donors (Lipinski definition) is 4. The lowest BCUT2D eigenvalue weighted by molar-refractivity contribution is -0.161. The first-order valence-electron chi connectivity index (χ1n) is 9.32. The highest BCUT2D eigenvalue weighted by molar-refractivity contribution is 7.84. The summed E-state index contributed by atoms with van der Waals surface area (Å²) in [5.74, 6) is -3.83. The van der Waals surface area contributed by atoms with Crippen molar-refractivity contribution in [2.45, 2.75) is 38.0 Å². The monoisotopic (exact) mass is 504 g/mol. The summed E-state index contributed by atoms with van der Waals surface area (Å²) in [6.07, 6.45) is 0.252. The number of nitrogen functional groups attached to an aromatic ring is 1. The molecule has 0 unspecified atom stereocenters. The van der Waals surface area contributed by atoms with Gasteiger partial charge >= 0.3 is 16.3 Å². The van der Waals surface area contributed by atoms with Crippen LogP contribution in [0, 0.1) is 0 Å². The van der Waals surface area contributed by atoms with E-state index < -0.39 is 51.5 Å². The summed E-state index contributed by atoms with van der Waals surface area (Å²) < 4.78 is 32.7. The number of hydrogen-bond acceptors (Lipinski definition) is 11. The second-order valence-corrected chi connectivity index (χ2v) is 9.82. The summed E-state index contributed by atoms with van der Waals surface area (Å²) in [5.41, 5.74) is 3.16. The summed E-state index contributed by atoms with van der Waals surface area (Å²) in [7, 11) is -4.94. The summed E-state index contributed by atoms with van der Waals surface area (Å²) in [4.78, 5) is 58.3. The van der Waals surface area contributed by atoms with Gasteiger partial charge in [0.2, 0.25) is 11.5 Å². The number of carbonyl (C=O) groups excluding carboxylic acids is 3. The van der Waals surface area contributed by atoms with E-state index in [2.05, 4.69) is 15.5 Å². The molecule has 2 aliphatic heterocycles. The van der Waals surface area contributed by atoms with Gasteiger partial charge in [-0.1, -0.05) is 5.16 Å². The Morgan fingerprint density at radius 3 is 2.55 bits per heavy atom. The number of carboxylic acids is 1. The third-order valence-electron chi connectivity index (χ3n) is 4.92. The number of carbonyl (C=O) groups is 4. The third-order valence-corrected chi connectivity index (χ3v) is 6.54. The van der Waals surface area contributed by atoms with Gasteiger partial charge < -0.3 is 25.9 Å². The van der Waals surface area contributed by atoms with Crippen LogP contribution in [0.4, 0.5) is 5.13 Å². The van der Waals surface area contributed by atoms with E-state index in [0.717, 1.165) is 11.3 Å². The molecular formula is C16H20N6O9S2. The number of nitrogens with zero attached hydrogens (tertiary/aromatic N) is 4. The molecule has 0 aliphatic carbocycles. The van der Waals surface area contributed by atoms with Crippen LogP contribution in [0.5, 0.6) is 0 Å². The zero-order valence-electron chi connectivity index (χ0n) is 17.3. The van der Waals surface area contributed by atoms with Crippen LogP contribution < -0.4 is 11.1 Å². The van der Waals surface area contributed by atoms with Crippen LogP contribution >= 0.6 is 11.3 Å². The first-order chi connectivity index (χ1) is 15.2. The minimum absolute atomic E-state index is 0.0643. The van der Waals surface area contributed by atoms with Gasteiger partial charge in [-0.05, 0) is 13.8 Å². The molecule has 0 aromatic carbocycles. The Kier molecular flexibility index (Phi) is 6.31. The predicted octanol–water partition coefficient (Wildman–Crippen LogP) is -1.96. The fraction of sp³-hybridized carbons (Fsp3) is 0.500. The van der Waals surface area contributed by atoms with Gasteiger partial charge in [-0.2, -0.15) is 8.42 Å². The number of rotatable bonds is 9. The summed E-state index contributed by atoms with van der Waals surface area (Å²) in [5, 5.41) is 16.5. The molecule has 3 heterocycles. The molecule has 3 amide bonds. The fourth-order valence-electron chi connectivity index (χ4n) is 2.93. The Balaban J connectivity index is 1.85. The number of anilines is 1. The quantitative estimate of drug-likeness (QED) is 0.125. The Bertz CT molecular complexity index is 1150. The van der Waals surface area contributed by atoms with Crippen LogP contribution in [0.3, 0.4) is 0 Å². The predicted molar refractivity (Wildman–Crippen MR) is 111 cm³/mol. The van der Waals surface area contributed by atoms with Crippen LogP contribution in [0.2, 0.25) is 0 Å². The van der Waals surface area contributed by atoms with Crippen molar-refractivity contribution < 1.29 is 42.1 Å². The van der Waals surface area contributed by atoms with E-state index in [9.17, 15) is 37.3 Å². The Labute approximate surface area is 191 Å². The summed E-state index contributed by atoms with van der Waals surface area (Å²) >= 11 is 0.955. The molecule has 17 heteroatoms. The number of nitrogens with one attached hydrogen (secondary N) is 1. The number of amides is 3. The van der Waals surface area contributed by atoms with Crippen molar-refractivity contribution in [1.29, 1.82) is 0 Å². The molecule has 0 radical (unpaired) electrons. The topological polar surface area (TPSA) is 222 Å². The van der Waals surface area contributed by atoms with Gasteiger partial charge in [-0.3, -0.25) is 18.9 Å². The maximum absolute atomic E-state index is 12.9. The van der Waals surface area contributed by atoms with Gasteiger partial charge in [0.1, 0.15) is 11.7 Å². The zero-order valence-corrected chi connectivity index (χ0v) is 18.9. The lowest BCUT2D eigenvalue weighted by Crippen LogP contribution is -2.75. The largest absolute Gasteiger partial charge is 0.478 e. The highest BCUT2D eigenvalue weighted by atomic mass is 32.2. The number of likely N-dealkylation sites (tertiary alicyclic amines) is 1. The second-order valence-electron chi connectivity index (χ2n) is 7.64. The van der Waals surface area contributed by atoms with Gasteiger partial charge in [-0.25, -0.2) is 14.1 Å². The van der Waals surface area contributed by atoms with Crippen LogP contribution in [0.1, 0.15) is 26.0 Å². The van der Waals surface area contributed by atoms with Crippen molar-refractivity contribution in [3.63, 3.8) is 0 Å². The molecule has 15 nitrogen and oxygen atoms in total. The van der Waals surface area contributed by atoms with Gasteiger partial charge in [0, 0.05) is 24.9 Å². The SMILES string of the molecule is CC(C)(O/N=C(\C(=O)N[C@@H]1C(=O)N(S(=O)(=O)O)[C@@H]1CN1CCC1=O)c1csc(N)n1)C(=O)O. The lowest BCUT2D eigenvalue weighted by Gasteiger charge is -2.47. The number of carboxylic acid groups (broad SMARTS) is 1. The lowest BCUT2D eigenvalue weighted by atomic mass is 9.96. The summed E-state index contributed by atoms with van der Waals surface area (Å²) in [6.45, 7) is 2.45.